The number of rotatable bonds is 10. The van der Waals surface area contributed by atoms with Crippen LogP contribution in [0.5, 0.6) is 0 Å². The van der Waals surface area contributed by atoms with E-state index in [2.05, 4.69) is 21.0 Å². The third-order valence-corrected chi connectivity index (χ3v) is 10.4. The molecule has 0 radical (unpaired) electrons. The Labute approximate surface area is 306 Å². The number of benzene rings is 4. The van der Waals surface area contributed by atoms with Crippen molar-refractivity contribution in [3.8, 4) is 0 Å². The molecule has 0 atom stereocenters. The van der Waals surface area contributed by atoms with E-state index in [1.807, 2.05) is 48.5 Å². The molecular formula is C36H36Cl2N8O4S. The maximum atomic E-state index is 13.5. The van der Waals surface area contributed by atoms with E-state index in [1.165, 1.54) is 21.4 Å². The van der Waals surface area contributed by atoms with Crippen LogP contribution < -0.4 is 30.1 Å². The molecule has 2 aliphatic heterocycles. The first-order valence-electron chi connectivity index (χ1n) is 16.1. The van der Waals surface area contributed by atoms with Crippen LogP contribution in [0.1, 0.15) is 11.1 Å². The molecule has 0 bridgehead atoms. The first-order chi connectivity index (χ1) is 24.6. The summed E-state index contributed by atoms with van der Waals surface area (Å²) in [7, 11) is -2.24. The number of urea groups is 2. The van der Waals surface area contributed by atoms with Crippen LogP contribution >= 0.6 is 23.2 Å². The van der Waals surface area contributed by atoms with Crippen LogP contribution in [0.2, 0.25) is 10.0 Å². The van der Waals surface area contributed by atoms with Gasteiger partial charge in [-0.25, -0.2) is 18.0 Å². The third-order valence-electron chi connectivity index (χ3n) is 8.22. The molecule has 1 aromatic heterocycles. The van der Waals surface area contributed by atoms with Crippen LogP contribution in [0, 0.1) is 0 Å². The third kappa shape index (κ3) is 8.74. The maximum absolute atomic E-state index is 13.5. The first-order valence-corrected chi connectivity index (χ1v) is 18.3. The fourth-order valence-corrected chi connectivity index (χ4v) is 7.25. The summed E-state index contributed by atoms with van der Waals surface area (Å²) in [5.74, 6) is 0. The normalized spacial score (nSPS) is 14.1. The van der Waals surface area contributed by atoms with Gasteiger partial charge in [0.25, 0.3) is 10.0 Å². The molecule has 2 aliphatic rings. The van der Waals surface area contributed by atoms with Crippen LogP contribution in [0.25, 0.3) is 0 Å². The number of nitrogens with one attached hydrogen (secondary N) is 3. The van der Waals surface area contributed by atoms with Crippen molar-refractivity contribution in [2.24, 2.45) is 7.05 Å². The average Bonchev–Trinajstić information content (AvgIpc) is 3.89. The monoisotopic (exact) mass is 746 g/mol. The Morgan fingerprint density at radius 3 is 1.90 bits per heavy atom. The van der Waals surface area contributed by atoms with Gasteiger partial charge in [0.2, 0.25) is 0 Å². The van der Waals surface area contributed by atoms with Crippen molar-refractivity contribution in [2.45, 2.75) is 18.0 Å². The quantitative estimate of drug-likeness (QED) is 0.150. The van der Waals surface area contributed by atoms with Gasteiger partial charge >= 0.3 is 12.1 Å². The first kappa shape index (κ1) is 35.6. The van der Waals surface area contributed by atoms with Gasteiger partial charge in [-0.1, -0.05) is 59.6 Å². The molecule has 2 saturated heterocycles. The van der Waals surface area contributed by atoms with Gasteiger partial charge in [-0.3, -0.25) is 18.8 Å². The van der Waals surface area contributed by atoms with E-state index in [0.29, 0.717) is 49.1 Å². The minimum absolute atomic E-state index is 0.0372. The van der Waals surface area contributed by atoms with Crippen molar-refractivity contribution in [1.82, 2.24) is 20.4 Å². The summed E-state index contributed by atoms with van der Waals surface area (Å²) in [6, 6.07) is 29.3. The smallest absolute Gasteiger partial charge is 0.321 e. The minimum atomic E-state index is -3.90. The molecule has 0 aliphatic carbocycles. The Kier molecular flexibility index (Phi) is 11.0. The van der Waals surface area contributed by atoms with Gasteiger partial charge in [0.15, 0.2) is 0 Å². The van der Waals surface area contributed by atoms with Crippen molar-refractivity contribution >= 4 is 68.0 Å². The van der Waals surface area contributed by atoms with E-state index in [0.717, 1.165) is 27.5 Å². The Balaban J connectivity index is 0.000000187. The maximum Gasteiger partial charge on any atom is 0.321 e. The fraction of sp³-hybridized carbons (Fsp3) is 0.194. The molecule has 5 aromatic rings. The second kappa shape index (κ2) is 15.8. The molecule has 4 aromatic carbocycles. The lowest BCUT2D eigenvalue weighted by Crippen LogP contribution is -2.31. The number of halogens is 2. The molecule has 3 heterocycles. The number of hydrogen-bond donors (Lipinski definition) is 3. The van der Waals surface area contributed by atoms with Crippen molar-refractivity contribution in [2.75, 3.05) is 45.6 Å². The number of carbonyl (C=O) groups excluding carboxylic acids is 2. The zero-order valence-electron chi connectivity index (χ0n) is 27.7. The molecule has 0 unspecified atom stereocenters. The predicted octanol–water partition coefficient (Wildman–Crippen LogP) is 6.48. The number of hydrogen-bond acceptors (Lipinski definition) is 6. The van der Waals surface area contributed by atoms with Gasteiger partial charge in [-0.15, -0.1) is 0 Å². The summed E-state index contributed by atoms with van der Waals surface area (Å²) < 4.78 is 29.7. The standard InChI is InChI=1S/C20H20ClN5O3S.C16H16ClN3O/c1-24-14-19(12-23-24)30(28,29)26(13-15-5-7-16(21)8-6-15)18-4-2-3-17(11-18)25-10-9-22-20(25)27;17-13-6-4-12(5-7-13)11-19-14-2-1-3-15(10-14)20-9-8-18-16(20)21/h2-8,11-12,14H,9-10,13H2,1H3,(H,22,27);1-7,10,19H,8-9,11H2,(H,18,21). The highest BCUT2D eigenvalue weighted by Crippen LogP contribution is 2.30. The SMILES string of the molecule is Cn1cc(S(=O)(=O)N(Cc2ccc(Cl)cc2)c2cccc(N3CCNC3=O)c2)cn1.O=C1NCCN1c1cccc(NCc2ccc(Cl)cc2)c1. The van der Waals surface area contributed by atoms with E-state index >= 15 is 0 Å². The van der Waals surface area contributed by atoms with E-state index in [1.54, 1.807) is 65.4 Å². The number of carbonyl (C=O) groups is 2. The summed E-state index contributed by atoms with van der Waals surface area (Å²) >= 11 is 11.8. The molecule has 15 heteroatoms. The largest absolute Gasteiger partial charge is 0.381 e. The van der Waals surface area contributed by atoms with Crippen LogP contribution in [-0.4, -0.2) is 56.4 Å². The Hall–Kier alpha value is -5.24. The van der Waals surface area contributed by atoms with Gasteiger partial charge in [-0.2, -0.15) is 5.10 Å². The molecule has 51 heavy (non-hydrogen) atoms. The number of nitrogens with zero attached hydrogens (tertiary/aromatic N) is 5. The number of anilines is 4. The van der Waals surface area contributed by atoms with Crippen molar-refractivity contribution in [3.05, 3.63) is 131 Å². The highest BCUT2D eigenvalue weighted by Gasteiger charge is 2.28. The molecule has 12 nitrogen and oxygen atoms in total. The molecule has 264 valence electrons. The lowest BCUT2D eigenvalue weighted by Gasteiger charge is -2.25. The number of amides is 4. The van der Waals surface area contributed by atoms with Gasteiger partial charge in [0, 0.05) is 73.1 Å². The van der Waals surface area contributed by atoms with Gasteiger partial charge in [0.1, 0.15) is 4.90 Å². The van der Waals surface area contributed by atoms with Crippen LogP contribution in [0.4, 0.5) is 32.3 Å². The summed E-state index contributed by atoms with van der Waals surface area (Å²) in [5.41, 5.74) is 4.91. The van der Waals surface area contributed by atoms with Crippen molar-refractivity contribution in [3.63, 3.8) is 0 Å². The van der Waals surface area contributed by atoms with Crippen molar-refractivity contribution in [1.29, 1.82) is 0 Å². The molecule has 3 N–H and O–H groups in total. The highest BCUT2D eigenvalue weighted by atomic mass is 35.5. The Bertz CT molecular complexity index is 2110. The molecule has 0 saturated carbocycles. The summed E-state index contributed by atoms with van der Waals surface area (Å²) in [6.45, 7) is 3.29. The Morgan fingerprint density at radius 1 is 0.784 bits per heavy atom. The lowest BCUT2D eigenvalue weighted by molar-refractivity contribution is 0.251. The van der Waals surface area contributed by atoms with Crippen molar-refractivity contribution < 1.29 is 18.0 Å². The van der Waals surface area contributed by atoms with Gasteiger partial charge < -0.3 is 16.0 Å². The van der Waals surface area contributed by atoms with E-state index in [9.17, 15) is 18.0 Å². The predicted molar refractivity (Wildman–Crippen MR) is 201 cm³/mol. The summed E-state index contributed by atoms with van der Waals surface area (Å²) in [4.78, 5) is 27.2. The molecule has 2 fully saturated rings. The molecule has 4 amide bonds. The summed E-state index contributed by atoms with van der Waals surface area (Å²) in [6.07, 6.45) is 2.78. The molecule has 7 rings (SSSR count). The zero-order valence-corrected chi connectivity index (χ0v) is 30.0. The average molecular weight is 748 g/mol. The van der Waals surface area contributed by atoms with Gasteiger partial charge in [-0.05, 0) is 71.8 Å². The topological polar surface area (TPSA) is 132 Å². The fourth-order valence-electron chi connectivity index (χ4n) is 5.57. The van der Waals surface area contributed by atoms with Crippen LogP contribution in [-0.2, 0) is 30.2 Å². The van der Waals surface area contributed by atoms with E-state index in [-0.39, 0.29) is 23.5 Å². The Morgan fingerprint density at radius 2 is 1.35 bits per heavy atom. The highest BCUT2D eigenvalue weighted by molar-refractivity contribution is 7.92. The van der Waals surface area contributed by atoms with E-state index < -0.39 is 10.0 Å². The second-order valence-corrected chi connectivity index (χ2v) is 14.5. The van der Waals surface area contributed by atoms with Crippen LogP contribution in [0.15, 0.2) is 114 Å². The number of aromatic nitrogens is 2. The summed E-state index contributed by atoms with van der Waals surface area (Å²) in [5, 5.41) is 14.2. The molecular weight excluding hydrogens is 711 g/mol. The second-order valence-electron chi connectivity index (χ2n) is 11.8. The van der Waals surface area contributed by atoms with Crippen LogP contribution in [0.3, 0.4) is 0 Å². The number of sulfonamides is 1. The van der Waals surface area contributed by atoms with Gasteiger partial charge in [0.05, 0.1) is 18.4 Å². The zero-order chi connectivity index (χ0) is 36.0. The molecule has 0 spiro atoms. The lowest BCUT2D eigenvalue weighted by atomic mass is 10.2. The van der Waals surface area contributed by atoms with E-state index in [4.69, 9.17) is 23.2 Å². The number of aryl methyl sites for hydroxylation is 1. The minimum Gasteiger partial charge on any atom is -0.381 e.